The van der Waals surface area contributed by atoms with E-state index in [1.54, 1.807) is 38.4 Å². The van der Waals surface area contributed by atoms with Crippen LogP contribution in [0, 0.1) is 13.8 Å². The van der Waals surface area contributed by atoms with Gasteiger partial charge in [-0.3, -0.25) is 24.4 Å². The van der Waals surface area contributed by atoms with Crippen molar-refractivity contribution in [2.75, 3.05) is 0 Å². The summed E-state index contributed by atoms with van der Waals surface area (Å²) in [7, 11) is 0. The number of thiocarbonyl (C=S) groups is 1. The molecule has 0 aliphatic carbocycles. The summed E-state index contributed by atoms with van der Waals surface area (Å²) in [4.78, 5) is 61.7. The number of aromatic amines is 2. The van der Waals surface area contributed by atoms with Gasteiger partial charge < -0.3 is 15.1 Å². The SMILES string of the molecule is Cc1nccc2[nH]c(=O)c(C(=O)N=C=S)cc12.Cc1nccc2[nH]c(=O)c(C(=O)O)cc12. The maximum atomic E-state index is 11.6. The normalized spacial score (nSPS) is 10.2. The molecule has 160 valence electrons. The molecule has 32 heavy (non-hydrogen) atoms. The molecular weight excluding hydrogens is 434 g/mol. The molecule has 0 fully saturated rings. The van der Waals surface area contributed by atoms with Crippen LogP contribution in [-0.2, 0) is 0 Å². The van der Waals surface area contributed by atoms with Gasteiger partial charge in [0.2, 0.25) is 0 Å². The highest BCUT2D eigenvalue weighted by Gasteiger charge is 2.12. The van der Waals surface area contributed by atoms with Crippen LogP contribution in [0.25, 0.3) is 21.8 Å². The number of rotatable bonds is 2. The van der Waals surface area contributed by atoms with E-state index >= 15 is 0 Å². The van der Waals surface area contributed by atoms with Crippen molar-refractivity contribution < 1.29 is 14.7 Å². The lowest BCUT2D eigenvalue weighted by Crippen LogP contribution is -2.17. The Morgan fingerprint density at radius 3 is 1.88 bits per heavy atom. The summed E-state index contributed by atoms with van der Waals surface area (Å²) in [5, 5.41) is 12.1. The van der Waals surface area contributed by atoms with E-state index in [0.29, 0.717) is 27.5 Å². The van der Waals surface area contributed by atoms with Crippen LogP contribution in [0.3, 0.4) is 0 Å². The molecular formula is C21H15N5O5S. The van der Waals surface area contributed by atoms with Crippen molar-refractivity contribution in [3.05, 3.63) is 79.9 Å². The number of nitrogens with zero attached hydrogens (tertiary/aromatic N) is 3. The highest BCUT2D eigenvalue weighted by Crippen LogP contribution is 2.14. The molecule has 0 aliphatic rings. The Balaban J connectivity index is 0.000000182. The summed E-state index contributed by atoms with van der Waals surface area (Å²) in [5.74, 6) is -1.94. The summed E-state index contributed by atoms with van der Waals surface area (Å²) in [5.41, 5.74) is 1.21. The van der Waals surface area contributed by atoms with Gasteiger partial charge in [-0.25, -0.2) is 4.79 Å². The number of fused-ring (bicyclic) bond motifs is 2. The van der Waals surface area contributed by atoms with Crippen LogP contribution >= 0.6 is 12.2 Å². The second-order valence-electron chi connectivity index (χ2n) is 6.55. The molecule has 4 aromatic heterocycles. The Hall–Kier alpha value is -4.34. The fourth-order valence-corrected chi connectivity index (χ4v) is 3.04. The van der Waals surface area contributed by atoms with E-state index < -0.39 is 23.0 Å². The highest BCUT2D eigenvalue weighted by molar-refractivity contribution is 7.78. The standard InChI is InChI=1S/C11H7N3O2S.C10H8N2O3/c1-6-7-4-8(10(15)13-5-17)11(16)14-9(7)2-3-12-6;1-5-6-4-7(10(14)15)9(13)12-8(6)2-3-11-5/h2-4H,1H3,(H,14,16);2-4H,1H3,(H,12,13)(H,14,15). The number of aryl methyl sites for hydroxylation is 2. The van der Waals surface area contributed by atoms with Crippen LogP contribution in [0.4, 0.5) is 0 Å². The van der Waals surface area contributed by atoms with Crippen LogP contribution in [0.1, 0.15) is 32.1 Å². The topological polar surface area (TPSA) is 158 Å². The molecule has 0 bridgehead atoms. The predicted molar refractivity (Wildman–Crippen MR) is 121 cm³/mol. The molecule has 0 saturated heterocycles. The average Bonchev–Trinajstić information content (AvgIpc) is 2.74. The van der Waals surface area contributed by atoms with Crippen LogP contribution in [0.2, 0.25) is 0 Å². The zero-order valence-electron chi connectivity index (χ0n) is 16.8. The van der Waals surface area contributed by atoms with E-state index in [1.165, 1.54) is 12.1 Å². The summed E-state index contributed by atoms with van der Waals surface area (Å²) < 4.78 is 0. The number of aliphatic imine (C=N–C) groups is 1. The Kier molecular flexibility index (Phi) is 6.43. The molecule has 11 heteroatoms. The number of aromatic nitrogens is 4. The predicted octanol–water partition coefficient (Wildman–Crippen LogP) is 2.40. The monoisotopic (exact) mass is 449 g/mol. The summed E-state index contributed by atoms with van der Waals surface area (Å²) >= 11 is 4.33. The molecule has 0 aromatic carbocycles. The molecule has 0 aliphatic heterocycles. The number of hydrogen-bond donors (Lipinski definition) is 3. The van der Waals surface area contributed by atoms with Gasteiger partial charge in [-0.2, -0.15) is 4.99 Å². The van der Waals surface area contributed by atoms with Gasteiger partial charge >= 0.3 is 5.97 Å². The number of carboxylic acid groups (broad SMARTS) is 1. The third-order valence-electron chi connectivity index (χ3n) is 4.55. The molecule has 0 saturated carbocycles. The zero-order valence-corrected chi connectivity index (χ0v) is 17.6. The molecule has 3 N–H and O–H groups in total. The number of pyridine rings is 4. The third kappa shape index (κ3) is 4.53. The minimum atomic E-state index is -1.23. The minimum Gasteiger partial charge on any atom is -0.477 e. The maximum Gasteiger partial charge on any atom is 0.341 e. The Labute approximate surface area is 184 Å². The number of nitrogens with one attached hydrogen (secondary N) is 2. The van der Waals surface area contributed by atoms with Gasteiger partial charge in [-0.05, 0) is 50.3 Å². The average molecular weight is 449 g/mol. The number of carbonyl (C=O) groups is 2. The number of aromatic carboxylic acids is 1. The lowest BCUT2D eigenvalue weighted by molar-refractivity contribution is 0.0695. The molecule has 4 heterocycles. The van der Waals surface area contributed by atoms with Crippen LogP contribution in [0.15, 0.2) is 51.2 Å². The Morgan fingerprint density at radius 1 is 0.938 bits per heavy atom. The van der Waals surface area contributed by atoms with Crippen molar-refractivity contribution in [3.8, 4) is 0 Å². The first-order valence-corrected chi connectivity index (χ1v) is 9.46. The molecule has 0 spiro atoms. The fourth-order valence-electron chi connectivity index (χ4n) is 2.96. The summed E-state index contributed by atoms with van der Waals surface area (Å²) in [6, 6.07) is 6.11. The smallest absolute Gasteiger partial charge is 0.341 e. The largest absolute Gasteiger partial charge is 0.477 e. The number of carbonyl (C=O) groups excluding carboxylic acids is 1. The van der Waals surface area contributed by atoms with Crippen molar-refractivity contribution >= 4 is 51.1 Å². The van der Waals surface area contributed by atoms with Crippen LogP contribution in [-0.4, -0.2) is 42.1 Å². The number of amides is 1. The molecule has 10 nitrogen and oxygen atoms in total. The maximum absolute atomic E-state index is 11.6. The first kappa shape index (κ1) is 22.3. The van der Waals surface area contributed by atoms with Gasteiger partial charge in [-0.1, -0.05) is 0 Å². The highest BCUT2D eigenvalue weighted by atomic mass is 32.1. The van der Waals surface area contributed by atoms with Crippen LogP contribution in [0.5, 0.6) is 0 Å². The molecule has 0 unspecified atom stereocenters. The van der Waals surface area contributed by atoms with Crippen molar-refractivity contribution in [1.29, 1.82) is 0 Å². The third-order valence-corrected chi connectivity index (χ3v) is 4.64. The zero-order chi connectivity index (χ0) is 23.4. The first-order chi connectivity index (χ1) is 15.2. The summed E-state index contributed by atoms with van der Waals surface area (Å²) in [6.07, 6.45) is 3.15. The fraction of sp³-hybridized carbons (Fsp3) is 0.0952. The second kappa shape index (κ2) is 9.21. The van der Waals surface area contributed by atoms with Crippen molar-refractivity contribution in [1.82, 2.24) is 19.9 Å². The first-order valence-electron chi connectivity index (χ1n) is 9.05. The number of isothiocyanates is 1. The molecule has 4 rings (SSSR count). The van der Waals surface area contributed by atoms with E-state index in [1.807, 2.05) is 5.16 Å². The summed E-state index contributed by atoms with van der Waals surface area (Å²) in [6.45, 7) is 3.55. The van der Waals surface area contributed by atoms with E-state index in [4.69, 9.17) is 5.11 Å². The van der Waals surface area contributed by atoms with Gasteiger partial charge in [0, 0.05) is 34.6 Å². The second-order valence-corrected chi connectivity index (χ2v) is 6.74. The number of carboxylic acids is 1. The van der Waals surface area contributed by atoms with Gasteiger partial charge in [0.1, 0.15) is 11.1 Å². The molecule has 0 radical (unpaired) electrons. The minimum absolute atomic E-state index is 0.0639. The van der Waals surface area contributed by atoms with Gasteiger partial charge in [0.05, 0.1) is 16.2 Å². The van der Waals surface area contributed by atoms with Crippen LogP contribution < -0.4 is 11.1 Å². The van der Waals surface area contributed by atoms with Crippen molar-refractivity contribution in [3.63, 3.8) is 0 Å². The van der Waals surface area contributed by atoms with E-state index in [0.717, 1.165) is 5.69 Å². The molecule has 1 amide bonds. The number of H-pyrrole nitrogens is 2. The van der Waals surface area contributed by atoms with E-state index in [2.05, 4.69) is 37.1 Å². The Morgan fingerprint density at radius 2 is 1.41 bits per heavy atom. The van der Waals surface area contributed by atoms with Gasteiger partial charge in [0.25, 0.3) is 17.0 Å². The van der Waals surface area contributed by atoms with Crippen molar-refractivity contribution in [2.24, 2.45) is 4.99 Å². The quantitative estimate of drug-likeness (QED) is 0.311. The van der Waals surface area contributed by atoms with Crippen molar-refractivity contribution in [2.45, 2.75) is 13.8 Å². The Bertz CT molecular complexity index is 1550. The lowest BCUT2D eigenvalue weighted by Gasteiger charge is -2.01. The molecule has 0 atom stereocenters. The van der Waals surface area contributed by atoms with E-state index in [-0.39, 0.29) is 11.1 Å². The van der Waals surface area contributed by atoms with E-state index in [9.17, 15) is 19.2 Å². The van der Waals surface area contributed by atoms with Gasteiger partial charge in [-0.15, -0.1) is 0 Å². The molecule has 4 aromatic rings. The van der Waals surface area contributed by atoms with Gasteiger partial charge in [0.15, 0.2) is 0 Å². The number of hydrogen-bond acceptors (Lipinski definition) is 7. The lowest BCUT2D eigenvalue weighted by atomic mass is 10.1.